The van der Waals surface area contributed by atoms with Crippen LogP contribution in [-0.4, -0.2) is 25.6 Å². The number of hydrogen-bond donors (Lipinski definition) is 0. The van der Waals surface area contributed by atoms with Crippen LogP contribution in [0, 0.1) is 19.7 Å². The summed E-state index contributed by atoms with van der Waals surface area (Å²) in [5, 5.41) is 0. The molecular formula is C24H28FNO4. The molecule has 1 heterocycles. The lowest BCUT2D eigenvalue weighted by Gasteiger charge is -2.33. The maximum Gasteiger partial charge on any atom is 0.310 e. The Kier molecular flexibility index (Phi) is 6.44. The molecule has 1 aliphatic heterocycles. The van der Waals surface area contributed by atoms with E-state index in [0.717, 1.165) is 39.8 Å². The van der Waals surface area contributed by atoms with Gasteiger partial charge in [0.15, 0.2) is 11.6 Å². The second kappa shape index (κ2) is 8.86. The Morgan fingerprint density at radius 3 is 2.47 bits per heavy atom. The molecule has 0 N–H and O–H groups in total. The highest BCUT2D eigenvalue weighted by atomic mass is 19.1. The molecule has 0 atom stereocenters. The van der Waals surface area contributed by atoms with Gasteiger partial charge in [-0.05, 0) is 72.7 Å². The number of rotatable bonds is 6. The first-order chi connectivity index (χ1) is 14.3. The number of carbonyl (C=O) groups excluding carboxylic acids is 2. The minimum atomic E-state index is -0.500. The summed E-state index contributed by atoms with van der Waals surface area (Å²) in [6.45, 7) is 8.53. The predicted molar refractivity (Wildman–Crippen MR) is 113 cm³/mol. The minimum Gasteiger partial charge on any atom is -0.492 e. The van der Waals surface area contributed by atoms with Crippen LogP contribution in [0.25, 0.3) is 0 Å². The largest absolute Gasteiger partial charge is 0.492 e. The summed E-state index contributed by atoms with van der Waals surface area (Å²) in [5.74, 6) is -0.818. The maximum atomic E-state index is 14.2. The smallest absolute Gasteiger partial charge is 0.310 e. The first-order valence-electron chi connectivity index (χ1n) is 10.2. The van der Waals surface area contributed by atoms with Gasteiger partial charge in [-0.3, -0.25) is 9.59 Å². The molecule has 0 saturated heterocycles. The summed E-state index contributed by atoms with van der Waals surface area (Å²) in [4.78, 5) is 26.8. The lowest BCUT2D eigenvalue weighted by atomic mass is 9.82. The number of anilines is 1. The Morgan fingerprint density at radius 2 is 1.83 bits per heavy atom. The molecule has 0 aromatic heterocycles. The van der Waals surface area contributed by atoms with Gasteiger partial charge in [-0.15, -0.1) is 0 Å². The second-order valence-electron chi connectivity index (χ2n) is 7.45. The number of esters is 1. The maximum absolute atomic E-state index is 14.2. The number of amides is 1. The predicted octanol–water partition coefficient (Wildman–Crippen LogP) is 4.21. The molecule has 1 amide bonds. The fourth-order valence-electron chi connectivity index (χ4n) is 4.42. The quantitative estimate of drug-likeness (QED) is 0.666. The van der Waals surface area contributed by atoms with Crippen molar-refractivity contribution in [3.8, 4) is 5.75 Å². The Labute approximate surface area is 176 Å². The van der Waals surface area contributed by atoms with Crippen molar-refractivity contribution < 1.29 is 23.5 Å². The number of benzene rings is 2. The van der Waals surface area contributed by atoms with Crippen molar-refractivity contribution in [3.63, 3.8) is 0 Å². The molecule has 6 heteroatoms. The highest BCUT2D eigenvalue weighted by Crippen LogP contribution is 2.38. The van der Waals surface area contributed by atoms with Crippen LogP contribution in [0.2, 0.25) is 0 Å². The highest BCUT2D eigenvalue weighted by molar-refractivity contribution is 5.98. The zero-order chi connectivity index (χ0) is 22.0. The topological polar surface area (TPSA) is 55.8 Å². The summed E-state index contributed by atoms with van der Waals surface area (Å²) in [5.41, 5.74) is 6.56. The van der Waals surface area contributed by atoms with Crippen LogP contribution in [0.3, 0.4) is 0 Å². The van der Waals surface area contributed by atoms with E-state index in [1.807, 2.05) is 13.8 Å². The molecule has 3 rings (SSSR count). The van der Waals surface area contributed by atoms with E-state index in [1.54, 1.807) is 24.0 Å². The third-order valence-corrected chi connectivity index (χ3v) is 5.91. The third-order valence-electron chi connectivity index (χ3n) is 5.91. The second-order valence-corrected chi connectivity index (χ2v) is 7.45. The average Bonchev–Trinajstić information content (AvgIpc) is 2.72. The molecule has 5 nitrogen and oxygen atoms in total. The molecule has 0 unspecified atom stereocenters. The van der Waals surface area contributed by atoms with E-state index in [4.69, 9.17) is 9.47 Å². The minimum absolute atomic E-state index is 0.0679. The van der Waals surface area contributed by atoms with E-state index < -0.39 is 5.82 Å². The van der Waals surface area contributed by atoms with Crippen LogP contribution in [-0.2, 0) is 40.1 Å². The lowest BCUT2D eigenvalue weighted by Crippen LogP contribution is -2.38. The summed E-state index contributed by atoms with van der Waals surface area (Å²) in [6.07, 6.45) is 1.17. The van der Waals surface area contributed by atoms with Gasteiger partial charge >= 0.3 is 5.97 Å². The summed E-state index contributed by atoms with van der Waals surface area (Å²) >= 11 is 0. The van der Waals surface area contributed by atoms with Gasteiger partial charge in [-0.1, -0.05) is 13.0 Å². The van der Waals surface area contributed by atoms with Crippen molar-refractivity contribution in [1.29, 1.82) is 0 Å². The molecule has 2 aromatic rings. The van der Waals surface area contributed by atoms with E-state index in [0.29, 0.717) is 18.8 Å². The van der Waals surface area contributed by atoms with Gasteiger partial charge in [0, 0.05) is 0 Å². The number of para-hydroxylation sites is 1. The molecule has 2 aromatic carbocycles. The van der Waals surface area contributed by atoms with Crippen molar-refractivity contribution in [2.45, 2.75) is 53.5 Å². The molecule has 160 valence electrons. The summed E-state index contributed by atoms with van der Waals surface area (Å²) < 4.78 is 24.6. The zero-order valence-corrected chi connectivity index (χ0v) is 18.2. The molecule has 0 saturated carbocycles. The number of halogens is 1. The van der Waals surface area contributed by atoms with Crippen LogP contribution < -0.4 is 9.64 Å². The molecule has 0 aliphatic carbocycles. The van der Waals surface area contributed by atoms with Gasteiger partial charge < -0.3 is 14.4 Å². The summed E-state index contributed by atoms with van der Waals surface area (Å²) in [6, 6.07) is 4.59. The van der Waals surface area contributed by atoms with Crippen molar-refractivity contribution in [2.75, 3.05) is 18.6 Å². The fourth-order valence-corrected chi connectivity index (χ4v) is 4.42. The normalized spacial score (nSPS) is 13.3. The van der Waals surface area contributed by atoms with Crippen molar-refractivity contribution >= 4 is 17.6 Å². The molecule has 30 heavy (non-hydrogen) atoms. The Morgan fingerprint density at radius 1 is 1.13 bits per heavy atom. The van der Waals surface area contributed by atoms with Gasteiger partial charge in [-0.25, -0.2) is 4.39 Å². The monoisotopic (exact) mass is 413 g/mol. The third kappa shape index (κ3) is 3.78. The first-order valence-corrected chi connectivity index (χ1v) is 10.2. The van der Waals surface area contributed by atoms with Crippen molar-refractivity contribution in [1.82, 2.24) is 0 Å². The standard InChI is InChI=1S/C24H28FNO4/c1-6-16-14(3)19-13-26(21-10-8-9-20(25)24(21)29-5)22(27)11-17(19)15(4)18(16)12-23(28)30-7-2/h8-10H,6-7,11-13H2,1-5H3. The Balaban J connectivity index is 2.10. The van der Waals surface area contributed by atoms with Gasteiger partial charge in [0.1, 0.15) is 0 Å². The number of nitrogens with zero attached hydrogens (tertiary/aromatic N) is 1. The Bertz CT molecular complexity index is 999. The van der Waals surface area contributed by atoms with E-state index in [-0.39, 0.29) is 30.5 Å². The molecule has 0 radical (unpaired) electrons. The zero-order valence-electron chi connectivity index (χ0n) is 18.2. The van der Waals surface area contributed by atoms with Gasteiger partial charge in [0.25, 0.3) is 0 Å². The molecule has 0 fully saturated rings. The molecular weight excluding hydrogens is 385 g/mol. The lowest BCUT2D eigenvalue weighted by molar-refractivity contribution is -0.142. The van der Waals surface area contributed by atoms with Gasteiger partial charge in [0.2, 0.25) is 5.91 Å². The number of methoxy groups -OCH3 is 1. The highest BCUT2D eigenvalue weighted by Gasteiger charge is 2.31. The summed E-state index contributed by atoms with van der Waals surface area (Å²) in [7, 11) is 1.40. The molecule has 0 bridgehead atoms. The van der Waals surface area contributed by atoms with Crippen LogP contribution in [0.15, 0.2) is 18.2 Å². The number of carbonyl (C=O) groups is 2. The van der Waals surface area contributed by atoms with E-state index >= 15 is 0 Å². The van der Waals surface area contributed by atoms with Crippen molar-refractivity contribution in [3.05, 3.63) is 57.4 Å². The molecule has 1 aliphatic rings. The average molecular weight is 413 g/mol. The van der Waals surface area contributed by atoms with Gasteiger partial charge in [0.05, 0.1) is 38.8 Å². The number of ether oxygens (including phenoxy) is 2. The van der Waals surface area contributed by atoms with E-state index in [2.05, 4.69) is 6.92 Å². The van der Waals surface area contributed by atoms with Crippen LogP contribution in [0.1, 0.15) is 47.2 Å². The Hall–Kier alpha value is -2.89. The first kappa shape index (κ1) is 21.8. The van der Waals surface area contributed by atoms with E-state index in [9.17, 15) is 14.0 Å². The van der Waals surface area contributed by atoms with Crippen LogP contribution >= 0.6 is 0 Å². The van der Waals surface area contributed by atoms with Crippen LogP contribution in [0.4, 0.5) is 10.1 Å². The van der Waals surface area contributed by atoms with Gasteiger partial charge in [-0.2, -0.15) is 0 Å². The SMILES string of the molecule is CCOC(=O)Cc1c(C)c2c(c(C)c1CC)CN(c1cccc(F)c1OC)C(=O)C2. The number of hydrogen-bond acceptors (Lipinski definition) is 4. The van der Waals surface area contributed by atoms with Crippen LogP contribution in [0.5, 0.6) is 5.75 Å². The van der Waals surface area contributed by atoms with Crippen molar-refractivity contribution in [2.24, 2.45) is 0 Å². The van der Waals surface area contributed by atoms with E-state index in [1.165, 1.54) is 13.2 Å². The fraction of sp³-hybridized carbons (Fsp3) is 0.417. The molecule has 0 spiro atoms. The number of fused-ring (bicyclic) bond motifs is 1.